The Labute approximate surface area is 138 Å². The van der Waals surface area contributed by atoms with Gasteiger partial charge in [-0.15, -0.1) is 11.3 Å². The standard InChI is InChI=1S/C15H19ClN2O3S/c16-13-2-1-12(22-13)15(20)17-5-3-11(4-6-17)14(19)18-7-9-21-10-8-18/h1-2,11H,3-10H2. The molecular formula is C15H19ClN2O3S. The van der Waals surface area contributed by atoms with Gasteiger partial charge in [0.25, 0.3) is 5.91 Å². The number of piperidine rings is 1. The van der Waals surface area contributed by atoms with Crippen molar-refractivity contribution in [1.29, 1.82) is 0 Å². The molecule has 0 aromatic carbocycles. The second kappa shape index (κ2) is 6.98. The molecule has 2 amide bonds. The summed E-state index contributed by atoms with van der Waals surface area (Å²) in [6.45, 7) is 3.89. The zero-order valence-electron chi connectivity index (χ0n) is 12.3. The molecule has 22 heavy (non-hydrogen) atoms. The Kier molecular flexibility index (Phi) is 5.00. The fourth-order valence-corrected chi connectivity index (χ4v) is 3.97. The van der Waals surface area contributed by atoms with E-state index in [1.807, 2.05) is 9.80 Å². The van der Waals surface area contributed by atoms with Gasteiger partial charge < -0.3 is 14.5 Å². The molecule has 0 radical (unpaired) electrons. The molecule has 7 heteroatoms. The Morgan fingerprint density at radius 2 is 1.77 bits per heavy atom. The van der Waals surface area contributed by atoms with Crippen molar-refractivity contribution in [3.63, 3.8) is 0 Å². The Balaban J connectivity index is 1.53. The van der Waals surface area contributed by atoms with Crippen LogP contribution in [0.1, 0.15) is 22.5 Å². The molecule has 3 heterocycles. The van der Waals surface area contributed by atoms with Crippen molar-refractivity contribution in [1.82, 2.24) is 9.80 Å². The summed E-state index contributed by atoms with van der Waals surface area (Å²) in [5, 5.41) is 0. The van der Waals surface area contributed by atoms with Gasteiger partial charge >= 0.3 is 0 Å². The number of thiophene rings is 1. The molecule has 0 spiro atoms. The third kappa shape index (κ3) is 3.45. The largest absolute Gasteiger partial charge is 0.378 e. The van der Waals surface area contributed by atoms with Crippen molar-refractivity contribution in [2.24, 2.45) is 5.92 Å². The predicted molar refractivity (Wildman–Crippen MR) is 85.4 cm³/mol. The van der Waals surface area contributed by atoms with Crippen molar-refractivity contribution in [3.05, 3.63) is 21.3 Å². The number of carbonyl (C=O) groups excluding carboxylic acids is 2. The second-order valence-electron chi connectivity index (χ2n) is 5.61. The first kappa shape index (κ1) is 15.8. The number of nitrogens with zero attached hydrogens (tertiary/aromatic N) is 2. The van der Waals surface area contributed by atoms with Gasteiger partial charge in [0.15, 0.2) is 0 Å². The summed E-state index contributed by atoms with van der Waals surface area (Å²) in [5.41, 5.74) is 0. The first-order chi connectivity index (χ1) is 10.6. The minimum atomic E-state index is 0.0224. The molecular weight excluding hydrogens is 324 g/mol. The average Bonchev–Trinajstić information content (AvgIpc) is 3.01. The summed E-state index contributed by atoms with van der Waals surface area (Å²) in [4.78, 5) is 29.2. The number of amides is 2. The van der Waals surface area contributed by atoms with Crippen LogP contribution in [0.25, 0.3) is 0 Å². The minimum Gasteiger partial charge on any atom is -0.378 e. The van der Waals surface area contributed by atoms with E-state index in [1.54, 1.807) is 12.1 Å². The lowest BCUT2D eigenvalue weighted by Gasteiger charge is -2.35. The van der Waals surface area contributed by atoms with Crippen molar-refractivity contribution in [2.75, 3.05) is 39.4 Å². The number of hydrogen-bond donors (Lipinski definition) is 0. The lowest BCUT2D eigenvalue weighted by atomic mass is 9.95. The number of hydrogen-bond acceptors (Lipinski definition) is 4. The first-order valence-electron chi connectivity index (χ1n) is 7.56. The molecule has 2 saturated heterocycles. The molecule has 0 aliphatic carbocycles. The zero-order valence-corrected chi connectivity index (χ0v) is 13.9. The summed E-state index contributed by atoms with van der Waals surface area (Å²) in [7, 11) is 0. The van der Waals surface area contributed by atoms with Crippen LogP contribution in [0.3, 0.4) is 0 Å². The fraction of sp³-hybridized carbons (Fsp3) is 0.600. The Morgan fingerprint density at radius 3 is 2.36 bits per heavy atom. The van der Waals surface area contributed by atoms with Crippen LogP contribution in [-0.4, -0.2) is 61.0 Å². The van der Waals surface area contributed by atoms with E-state index in [9.17, 15) is 9.59 Å². The highest BCUT2D eigenvalue weighted by Crippen LogP contribution is 2.26. The number of rotatable bonds is 2. The second-order valence-corrected chi connectivity index (χ2v) is 7.32. The minimum absolute atomic E-state index is 0.0224. The van der Waals surface area contributed by atoms with Gasteiger partial charge in [-0.1, -0.05) is 11.6 Å². The molecule has 1 aromatic rings. The predicted octanol–water partition coefficient (Wildman–Crippen LogP) is 2.11. The molecule has 2 fully saturated rings. The van der Waals surface area contributed by atoms with Crippen molar-refractivity contribution >= 4 is 34.8 Å². The highest BCUT2D eigenvalue weighted by Gasteiger charge is 2.31. The third-order valence-electron chi connectivity index (χ3n) is 4.24. The summed E-state index contributed by atoms with van der Waals surface area (Å²) in [6, 6.07) is 3.51. The van der Waals surface area contributed by atoms with Crippen LogP contribution in [0, 0.1) is 5.92 Å². The third-order valence-corrected chi connectivity index (χ3v) is 5.46. The fourth-order valence-electron chi connectivity index (χ4n) is 2.96. The SMILES string of the molecule is O=C(c1ccc(Cl)s1)N1CCC(C(=O)N2CCOCC2)CC1. The van der Waals surface area contributed by atoms with Crippen LogP contribution in [0.4, 0.5) is 0 Å². The summed E-state index contributed by atoms with van der Waals surface area (Å²) in [6.07, 6.45) is 1.47. The molecule has 5 nitrogen and oxygen atoms in total. The molecule has 0 N–H and O–H groups in total. The molecule has 0 saturated carbocycles. The van der Waals surface area contributed by atoms with E-state index in [-0.39, 0.29) is 17.7 Å². The summed E-state index contributed by atoms with van der Waals surface area (Å²) < 4.78 is 5.91. The van der Waals surface area contributed by atoms with Gasteiger partial charge in [-0.25, -0.2) is 0 Å². The highest BCUT2D eigenvalue weighted by molar-refractivity contribution is 7.17. The molecule has 2 aliphatic rings. The maximum Gasteiger partial charge on any atom is 0.263 e. The maximum absolute atomic E-state index is 12.5. The molecule has 1 aromatic heterocycles. The molecule has 0 unspecified atom stereocenters. The van der Waals surface area contributed by atoms with E-state index in [4.69, 9.17) is 16.3 Å². The molecule has 2 aliphatic heterocycles. The van der Waals surface area contributed by atoms with E-state index in [2.05, 4.69) is 0 Å². The van der Waals surface area contributed by atoms with Gasteiger partial charge in [-0.05, 0) is 25.0 Å². The Morgan fingerprint density at radius 1 is 1.09 bits per heavy atom. The van der Waals surface area contributed by atoms with Gasteiger partial charge in [0.1, 0.15) is 0 Å². The van der Waals surface area contributed by atoms with Crippen LogP contribution < -0.4 is 0 Å². The van der Waals surface area contributed by atoms with Crippen LogP contribution in [0.15, 0.2) is 12.1 Å². The molecule has 0 atom stereocenters. The first-order valence-corrected chi connectivity index (χ1v) is 8.76. The van der Waals surface area contributed by atoms with Gasteiger partial charge in [0, 0.05) is 32.1 Å². The monoisotopic (exact) mass is 342 g/mol. The van der Waals surface area contributed by atoms with E-state index < -0.39 is 0 Å². The average molecular weight is 343 g/mol. The van der Waals surface area contributed by atoms with Gasteiger partial charge in [-0.2, -0.15) is 0 Å². The van der Waals surface area contributed by atoms with Gasteiger partial charge in [0.2, 0.25) is 5.91 Å². The molecule has 0 bridgehead atoms. The Hall–Kier alpha value is -1.11. The van der Waals surface area contributed by atoms with Crippen LogP contribution in [0.2, 0.25) is 4.34 Å². The van der Waals surface area contributed by atoms with Gasteiger partial charge in [0.05, 0.1) is 22.4 Å². The van der Waals surface area contributed by atoms with Crippen molar-refractivity contribution in [3.8, 4) is 0 Å². The summed E-state index contributed by atoms with van der Waals surface area (Å²) in [5.74, 6) is 0.276. The number of morpholine rings is 1. The lowest BCUT2D eigenvalue weighted by Crippen LogP contribution is -2.47. The van der Waals surface area contributed by atoms with E-state index >= 15 is 0 Å². The summed E-state index contributed by atoms with van der Waals surface area (Å²) >= 11 is 7.19. The zero-order chi connectivity index (χ0) is 15.5. The molecule has 120 valence electrons. The Bertz CT molecular complexity index is 549. The number of likely N-dealkylation sites (tertiary alicyclic amines) is 1. The van der Waals surface area contributed by atoms with E-state index in [1.165, 1.54) is 11.3 Å². The van der Waals surface area contributed by atoms with Gasteiger partial charge in [-0.3, -0.25) is 9.59 Å². The highest BCUT2D eigenvalue weighted by atomic mass is 35.5. The number of carbonyl (C=O) groups is 2. The number of halogens is 1. The number of ether oxygens (including phenoxy) is 1. The lowest BCUT2D eigenvalue weighted by molar-refractivity contribution is -0.141. The van der Waals surface area contributed by atoms with E-state index in [0.717, 1.165) is 12.8 Å². The smallest absolute Gasteiger partial charge is 0.263 e. The maximum atomic E-state index is 12.5. The van der Waals surface area contributed by atoms with Crippen LogP contribution >= 0.6 is 22.9 Å². The van der Waals surface area contributed by atoms with Crippen LogP contribution in [-0.2, 0) is 9.53 Å². The quantitative estimate of drug-likeness (QED) is 0.827. The normalized spacial score (nSPS) is 20.2. The van der Waals surface area contributed by atoms with Crippen LogP contribution in [0.5, 0.6) is 0 Å². The topological polar surface area (TPSA) is 49.9 Å². The van der Waals surface area contributed by atoms with Crippen molar-refractivity contribution < 1.29 is 14.3 Å². The van der Waals surface area contributed by atoms with Crippen molar-refractivity contribution in [2.45, 2.75) is 12.8 Å². The molecule has 3 rings (SSSR count). The van der Waals surface area contributed by atoms with E-state index in [0.29, 0.717) is 48.6 Å².